The van der Waals surface area contributed by atoms with E-state index in [1.807, 2.05) is 30.6 Å². The molecular weight excluding hydrogens is 710 g/mol. The number of aromatic nitrogens is 3. The van der Waals surface area contributed by atoms with Crippen molar-refractivity contribution in [2.24, 2.45) is 5.41 Å². The summed E-state index contributed by atoms with van der Waals surface area (Å²) in [5.41, 5.74) is 2.53. The van der Waals surface area contributed by atoms with Crippen molar-refractivity contribution >= 4 is 28.5 Å². The van der Waals surface area contributed by atoms with E-state index in [9.17, 15) is 23.1 Å². The van der Waals surface area contributed by atoms with E-state index < -0.39 is 40.5 Å². The number of fused-ring (bicyclic) bond motifs is 5. The summed E-state index contributed by atoms with van der Waals surface area (Å²) in [5, 5.41) is 10.0. The monoisotopic (exact) mass is 757 g/mol. The molecule has 8 rings (SSSR count). The minimum absolute atomic E-state index is 0.0186. The number of aryl methyl sites for hydroxylation is 1. The molecule has 12 nitrogen and oxygen atoms in total. The minimum atomic E-state index is -4.84. The third kappa shape index (κ3) is 6.62. The van der Waals surface area contributed by atoms with Gasteiger partial charge in [0.2, 0.25) is 5.88 Å². The molecule has 2 aromatic heterocycles. The SMILES string of the molecule is Cc1cc(N)cc(-c2nc3c4c(nc(OCC5(CN6CCCC6CO)CC5)nc4c2F)N2C[C@H]4CC[C@@H]([C@H]2CCO3)N4C(=O)OC(C)(C)C)c1C(F)(F)F. The standard InChI is InChI=1S/C38H47F4N7O5/c1-20-14-21(43)15-24(28(20)38(40,41)42)30-29(39)31-27-32(46-34(45-31)53-19-37(10-11-37)18-47-12-5-6-23(47)17-50)48-16-22-7-8-26(25(48)9-13-52-33(27)44-30)49(22)35(51)54-36(2,3)4/h14-15,22-23,25-26,50H,5-13,16-19,43H2,1-4H3/t22-,23?,25-,26+/m1/s1. The maximum absolute atomic E-state index is 17.1. The van der Waals surface area contributed by atoms with Crippen LogP contribution in [0.5, 0.6) is 11.9 Å². The highest BCUT2D eigenvalue weighted by Crippen LogP contribution is 2.49. The summed E-state index contributed by atoms with van der Waals surface area (Å²) in [7, 11) is 0. The lowest BCUT2D eigenvalue weighted by atomic mass is 9.96. The molecule has 54 heavy (non-hydrogen) atoms. The summed E-state index contributed by atoms with van der Waals surface area (Å²) < 4.78 is 79.0. The molecule has 3 N–H and O–H groups in total. The highest BCUT2D eigenvalue weighted by molar-refractivity contribution is 5.97. The largest absolute Gasteiger partial charge is 0.477 e. The number of nitrogens with zero attached hydrogens (tertiary/aromatic N) is 6. The Morgan fingerprint density at radius 2 is 1.87 bits per heavy atom. The predicted octanol–water partition coefficient (Wildman–Crippen LogP) is 6.10. The van der Waals surface area contributed by atoms with Gasteiger partial charge in [-0.3, -0.25) is 9.80 Å². The third-order valence-electron chi connectivity index (χ3n) is 11.6. The fourth-order valence-corrected chi connectivity index (χ4v) is 9.03. The van der Waals surface area contributed by atoms with E-state index in [1.54, 1.807) is 0 Å². The Morgan fingerprint density at radius 3 is 2.57 bits per heavy atom. The zero-order valence-electron chi connectivity index (χ0n) is 31.0. The summed E-state index contributed by atoms with van der Waals surface area (Å²) in [6, 6.07) is 1.46. The van der Waals surface area contributed by atoms with Crippen molar-refractivity contribution < 1.29 is 41.7 Å². The number of ether oxygens (including phenoxy) is 3. The first-order chi connectivity index (χ1) is 25.6. The summed E-state index contributed by atoms with van der Waals surface area (Å²) in [4.78, 5) is 33.5. The number of halogens is 4. The van der Waals surface area contributed by atoms with Crippen molar-refractivity contribution in [1.82, 2.24) is 24.8 Å². The number of piperazine rings is 1. The molecule has 0 spiro atoms. The van der Waals surface area contributed by atoms with Crippen molar-refractivity contribution in [3.05, 3.63) is 29.1 Å². The Hall–Kier alpha value is -4.18. The molecule has 1 unspecified atom stereocenters. The van der Waals surface area contributed by atoms with Crippen LogP contribution in [0, 0.1) is 18.2 Å². The first-order valence-corrected chi connectivity index (χ1v) is 18.8. The molecular formula is C38H47F4N7O5. The smallest absolute Gasteiger partial charge is 0.417 e. The summed E-state index contributed by atoms with van der Waals surface area (Å²) in [5.74, 6) is -0.894. The molecule has 3 aromatic rings. The average molecular weight is 758 g/mol. The molecule has 1 aliphatic carbocycles. The number of anilines is 2. The van der Waals surface area contributed by atoms with Gasteiger partial charge in [0, 0.05) is 42.2 Å². The van der Waals surface area contributed by atoms with Crippen LogP contribution in [-0.2, 0) is 10.9 Å². The number of hydrogen-bond donors (Lipinski definition) is 2. The third-order valence-corrected chi connectivity index (χ3v) is 11.6. The highest BCUT2D eigenvalue weighted by atomic mass is 19.4. The average Bonchev–Trinajstić information content (AvgIpc) is 3.56. The Bertz CT molecular complexity index is 1970. The molecule has 16 heteroatoms. The number of amides is 1. The second-order valence-corrected chi connectivity index (χ2v) is 16.7. The number of aliphatic hydroxyl groups excluding tert-OH is 1. The molecule has 1 saturated carbocycles. The molecule has 4 atom stereocenters. The van der Waals surface area contributed by atoms with E-state index in [0.717, 1.165) is 51.3 Å². The van der Waals surface area contributed by atoms with E-state index in [4.69, 9.17) is 24.9 Å². The molecule has 5 aliphatic rings. The van der Waals surface area contributed by atoms with Gasteiger partial charge in [-0.05, 0) is 90.5 Å². The van der Waals surface area contributed by atoms with Crippen LogP contribution >= 0.6 is 0 Å². The van der Waals surface area contributed by atoms with Crippen molar-refractivity contribution in [3.8, 4) is 23.1 Å². The van der Waals surface area contributed by atoms with Gasteiger partial charge < -0.3 is 30.0 Å². The number of rotatable bonds is 7. The second-order valence-electron chi connectivity index (χ2n) is 16.7. The number of carbonyl (C=O) groups excluding carboxylic acids is 1. The molecule has 0 radical (unpaired) electrons. The predicted molar refractivity (Wildman–Crippen MR) is 192 cm³/mol. The Labute approximate surface area is 311 Å². The molecule has 1 aromatic carbocycles. The van der Waals surface area contributed by atoms with Gasteiger partial charge in [0.25, 0.3) is 0 Å². The normalized spacial score (nSPS) is 24.9. The minimum Gasteiger partial charge on any atom is -0.477 e. The van der Waals surface area contributed by atoms with Gasteiger partial charge in [-0.15, -0.1) is 0 Å². The number of nitrogen functional groups attached to an aromatic ring is 1. The number of likely N-dealkylation sites (tertiary alicyclic amines) is 1. The van der Waals surface area contributed by atoms with Gasteiger partial charge in [0.05, 0.1) is 43.5 Å². The lowest BCUT2D eigenvalue weighted by Crippen LogP contribution is -2.62. The maximum Gasteiger partial charge on any atom is 0.417 e. The molecule has 4 aliphatic heterocycles. The van der Waals surface area contributed by atoms with Crippen LogP contribution in [0.15, 0.2) is 12.1 Å². The molecule has 6 heterocycles. The topological polar surface area (TPSA) is 139 Å². The van der Waals surface area contributed by atoms with Crippen LogP contribution in [0.2, 0.25) is 0 Å². The van der Waals surface area contributed by atoms with E-state index in [2.05, 4.69) is 14.9 Å². The number of pyridine rings is 1. The Morgan fingerprint density at radius 1 is 1.09 bits per heavy atom. The van der Waals surface area contributed by atoms with Crippen molar-refractivity contribution in [3.63, 3.8) is 0 Å². The lowest BCUT2D eigenvalue weighted by Gasteiger charge is -2.48. The molecule has 292 valence electrons. The first kappa shape index (κ1) is 36.8. The number of carbonyl (C=O) groups is 1. The van der Waals surface area contributed by atoms with E-state index in [0.29, 0.717) is 19.4 Å². The maximum atomic E-state index is 17.1. The number of nitrogens with two attached hydrogens (primary N) is 1. The van der Waals surface area contributed by atoms with Crippen molar-refractivity contribution in [1.29, 1.82) is 0 Å². The van der Waals surface area contributed by atoms with Gasteiger partial charge in [-0.25, -0.2) is 14.2 Å². The number of alkyl halides is 3. The van der Waals surface area contributed by atoms with E-state index in [1.165, 1.54) is 13.0 Å². The molecule has 3 saturated heterocycles. The van der Waals surface area contributed by atoms with Gasteiger partial charge in [-0.2, -0.15) is 23.1 Å². The summed E-state index contributed by atoms with van der Waals surface area (Å²) in [6.07, 6.45) is 0.343. The zero-order chi connectivity index (χ0) is 38.3. The van der Waals surface area contributed by atoms with Crippen molar-refractivity contribution in [2.45, 2.75) is 109 Å². The Kier molecular flexibility index (Phi) is 9.02. The van der Waals surface area contributed by atoms with Crippen LogP contribution in [0.1, 0.15) is 76.8 Å². The molecule has 2 bridgehead atoms. The number of hydrogen-bond acceptors (Lipinski definition) is 11. The van der Waals surface area contributed by atoms with Gasteiger partial charge in [-0.1, -0.05) is 0 Å². The number of aliphatic hydroxyl groups is 1. The van der Waals surface area contributed by atoms with Gasteiger partial charge in [0.15, 0.2) is 5.82 Å². The number of benzene rings is 1. The van der Waals surface area contributed by atoms with E-state index in [-0.39, 0.29) is 89.3 Å². The lowest BCUT2D eigenvalue weighted by molar-refractivity contribution is -0.137. The van der Waals surface area contributed by atoms with Crippen molar-refractivity contribution in [2.75, 3.05) is 50.1 Å². The van der Waals surface area contributed by atoms with Crippen LogP contribution < -0.4 is 20.1 Å². The summed E-state index contributed by atoms with van der Waals surface area (Å²) >= 11 is 0. The van der Waals surface area contributed by atoms with Crippen LogP contribution in [-0.4, -0.2) is 105 Å². The molecule has 1 amide bonds. The quantitative estimate of drug-likeness (QED) is 0.214. The zero-order valence-corrected chi connectivity index (χ0v) is 31.0. The fourth-order valence-electron chi connectivity index (χ4n) is 9.03. The summed E-state index contributed by atoms with van der Waals surface area (Å²) in [6.45, 7) is 9.11. The molecule has 4 fully saturated rings. The van der Waals surface area contributed by atoms with E-state index >= 15 is 4.39 Å². The van der Waals surface area contributed by atoms with Gasteiger partial charge >= 0.3 is 18.3 Å². The fraction of sp³-hybridized carbons (Fsp3) is 0.632. The van der Waals surface area contributed by atoms with Crippen LogP contribution in [0.3, 0.4) is 0 Å². The first-order valence-electron chi connectivity index (χ1n) is 18.8. The Balaban J connectivity index is 1.24. The second kappa shape index (κ2) is 13.2. The van der Waals surface area contributed by atoms with Crippen LogP contribution in [0.4, 0.5) is 33.9 Å². The van der Waals surface area contributed by atoms with Crippen LogP contribution in [0.25, 0.3) is 22.2 Å². The van der Waals surface area contributed by atoms with Gasteiger partial charge in [0.1, 0.15) is 28.0 Å². The highest BCUT2D eigenvalue weighted by Gasteiger charge is 2.51.